The summed E-state index contributed by atoms with van der Waals surface area (Å²) < 4.78 is 11.6. The van der Waals surface area contributed by atoms with Gasteiger partial charge in [0.05, 0.1) is 5.75 Å². The van der Waals surface area contributed by atoms with Crippen LogP contribution in [0.3, 0.4) is 0 Å². The summed E-state index contributed by atoms with van der Waals surface area (Å²) in [5.74, 6) is 1.13. The third kappa shape index (κ3) is 3.98. The Labute approximate surface area is 87.2 Å². The zero-order chi connectivity index (χ0) is 10.4. The van der Waals surface area contributed by atoms with Crippen molar-refractivity contribution in [3.63, 3.8) is 0 Å². The highest BCUT2D eigenvalue weighted by molar-refractivity contribution is 7.84. The molecule has 1 heterocycles. The molecule has 2 atom stereocenters. The second kappa shape index (κ2) is 5.88. The zero-order valence-corrected chi connectivity index (χ0v) is 9.17. The van der Waals surface area contributed by atoms with Crippen molar-refractivity contribution in [1.82, 2.24) is 4.98 Å². The summed E-state index contributed by atoms with van der Waals surface area (Å²) in [4.78, 5) is 3.97. The monoisotopic (exact) mass is 212 g/mol. The van der Waals surface area contributed by atoms with Gasteiger partial charge in [0.25, 0.3) is 0 Å². The standard InChI is InChI=1S/C10H16N2OS/c1-2-10(11)8-14(13)7-9-4-3-5-12-6-9/h3-6,10H,2,7-8,11H2,1H3. The maximum Gasteiger partial charge on any atom is 0.0501 e. The van der Waals surface area contributed by atoms with E-state index in [9.17, 15) is 4.21 Å². The maximum atomic E-state index is 11.6. The predicted octanol–water partition coefficient (Wildman–Crippen LogP) is 1.07. The Morgan fingerprint density at radius 3 is 3.00 bits per heavy atom. The van der Waals surface area contributed by atoms with Gasteiger partial charge in [-0.05, 0) is 18.1 Å². The van der Waals surface area contributed by atoms with Crippen LogP contribution < -0.4 is 5.73 Å². The summed E-state index contributed by atoms with van der Waals surface area (Å²) in [7, 11) is -0.866. The first-order chi connectivity index (χ1) is 6.72. The number of nitrogens with two attached hydrogens (primary N) is 1. The summed E-state index contributed by atoms with van der Waals surface area (Å²) in [5, 5.41) is 0. The lowest BCUT2D eigenvalue weighted by Gasteiger charge is -2.07. The van der Waals surface area contributed by atoms with Crippen molar-refractivity contribution in [2.24, 2.45) is 5.73 Å². The number of pyridine rings is 1. The van der Waals surface area contributed by atoms with E-state index in [1.54, 1.807) is 12.4 Å². The molecule has 2 N–H and O–H groups in total. The molecule has 1 aromatic heterocycles. The van der Waals surface area contributed by atoms with E-state index in [1.807, 2.05) is 19.1 Å². The molecule has 1 rings (SSSR count). The lowest BCUT2D eigenvalue weighted by molar-refractivity contribution is 0.663. The third-order valence-electron chi connectivity index (χ3n) is 1.97. The van der Waals surface area contributed by atoms with Crippen molar-refractivity contribution in [3.05, 3.63) is 30.1 Å². The van der Waals surface area contributed by atoms with Gasteiger partial charge in [-0.1, -0.05) is 13.0 Å². The summed E-state index contributed by atoms with van der Waals surface area (Å²) >= 11 is 0. The number of aromatic nitrogens is 1. The summed E-state index contributed by atoms with van der Waals surface area (Å²) in [6.45, 7) is 2.01. The molecule has 2 unspecified atom stereocenters. The summed E-state index contributed by atoms with van der Waals surface area (Å²) in [6, 6.07) is 3.83. The minimum atomic E-state index is -0.866. The molecule has 0 aromatic carbocycles. The van der Waals surface area contributed by atoms with Gasteiger partial charge in [0.2, 0.25) is 0 Å². The van der Waals surface area contributed by atoms with Crippen LogP contribution in [0.4, 0.5) is 0 Å². The van der Waals surface area contributed by atoms with E-state index in [0.717, 1.165) is 12.0 Å². The number of rotatable bonds is 5. The molecule has 0 radical (unpaired) electrons. The Hall–Kier alpha value is -0.740. The smallest absolute Gasteiger partial charge is 0.0501 e. The Balaban J connectivity index is 2.42. The van der Waals surface area contributed by atoms with Gasteiger partial charge in [-0.25, -0.2) is 0 Å². The molecule has 0 bridgehead atoms. The highest BCUT2D eigenvalue weighted by atomic mass is 32.2. The Morgan fingerprint density at radius 2 is 2.43 bits per heavy atom. The fourth-order valence-corrected chi connectivity index (χ4v) is 2.46. The van der Waals surface area contributed by atoms with Gasteiger partial charge in [0.1, 0.15) is 0 Å². The highest BCUT2D eigenvalue weighted by Crippen LogP contribution is 2.02. The fourth-order valence-electron chi connectivity index (χ4n) is 1.08. The van der Waals surface area contributed by atoms with Gasteiger partial charge in [0, 0.05) is 35.0 Å². The first-order valence-electron chi connectivity index (χ1n) is 4.71. The van der Waals surface area contributed by atoms with Gasteiger partial charge >= 0.3 is 0 Å². The lowest BCUT2D eigenvalue weighted by Crippen LogP contribution is -2.26. The van der Waals surface area contributed by atoms with Crippen LogP contribution in [0.5, 0.6) is 0 Å². The average molecular weight is 212 g/mol. The van der Waals surface area contributed by atoms with Crippen LogP contribution >= 0.6 is 0 Å². The molecular formula is C10H16N2OS. The Kier molecular flexibility index (Phi) is 4.76. The van der Waals surface area contributed by atoms with Gasteiger partial charge in [-0.15, -0.1) is 0 Å². The quantitative estimate of drug-likeness (QED) is 0.794. The minimum absolute atomic E-state index is 0.0486. The molecule has 0 aliphatic rings. The normalized spacial score (nSPS) is 15.0. The first kappa shape index (κ1) is 11.3. The van der Waals surface area contributed by atoms with Crippen molar-refractivity contribution >= 4 is 10.8 Å². The van der Waals surface area contributed by atoms with Gasteiger partial charge < -0.3 is 5.73 Å². The predicted molar refractivity (Wildman–Crippen MR) is 59.2 cm³/mol. The van der Waals surface area contributed by atoms with Crippen LogP contribution in [-0.4, -0.2) is 21.0 Å². The molecule has 0 amide bonds. The topological polar surface area (TPSA) is 56.0 Å². The highest BCUT2D eigenvalue weighted by Gasteiger charge is 2.06. The van der Waals surface area contributed by atoms with Crippen molar-refractivity contribution in [1.29, 1.82) is 0 Å². The Morgan fingerprint density at radius 1 is 1.64 bits per heavy atom. The number of nitrogens with zero attached hydrogens (tertiary/aromatic N) is 1. The largest absolute Gasteiger partial charge is 0.327 e. The van der Waals surface area contributed by atoms with Crippen molar-refractivity contribution in [2.75, 3.05) is 5.75 Å². The van der Waals surface area contributed by atoms with Crippen LogP contribution in [0, 0.1) is 0 Å². The SMILES string of the molecule is CCC(N)CS(=O)Cc1cccnc1. The third-order valence-corrected chi connectivity index (χ3v) is 3.43. The van der Waals surface area contributed by atoms with Crippen molar-refractivity contribution in [2.45, 2.75) is 25.1 Å². The molecule has 0 aliphatic carbocycles. The van der Waals surface area contributed by atoms with E-state index in [2.05, 4.69) is 4.98 Å². The van der Waals surface area contributed by atoms with Gasteiger partial charge in [-0.3, -0.25) is 9.19 Å². The molecule has 4 heteroatoms. The van der Waals surface area contributed by atoms with E-state index >= 15 is 0 Å². The van der Waals surface area contributed by atoms with Crippen LogP contribution in [0.15, 0.2) is 24.5 Å². The second-order valence-corrected chi connectivity index (χ2v) is 4.78. The lowest BCUT2D eigenvalue weighted by atomic mass is 10.3. The second-order valence-electron chi connectivity index (χ2n) is 3.28. The molecule has 0 fully saturated rings. The average Bonchev–Trinajstić information content (AvgIpc) is 2.19. The number of hydrogen-bond acceptors (Lipinski definition) is 3. The van der Waals surface area contributed by atoms with Crippen LogP contribution in [0.2, 0.25) is 0 Å². The minimum Gasteiger partial charge on any atom is -0.327 e. The van der Waals surface area contributed by atoms with Crippen LogP contribution in [0.1, 0.15) is 18.9 Å². The van der Waals surface area contributed by atoms with Crippen molar-refractivity contribution < 1.29 is 4.21 Å². The molecule has 0 saturated carbocycles. The molecule has 0 aliphatic heterocycles. The molecule has 0 spiro atoms. The molecule has 14 heavy (non-hydrogen) atoms. The van der Waals surface area contributed by atoms with E-state index in [0.29, 0.717) is 11.5 Å². The molecule has 3 nitrogen and oxygen atoms in total. The van der Waals surface area contributed by atoms with E-state index < -0.39 is 10.8 Å². The molecule has 78 valence electrons. The van der Waals surface area contributed by atoms with E-state index in [4.69, 9.17) is 5.73 Å². The summed E-state index contributed by atoms with van der Waals surface area (Å²) in [5.41, 5.74) is 6.73. The van der Waals surface area contributed by atoms with Crippen LogP contribution in [0.25, 0.3) is 0 Å². The first-order valence-corrected chi connectivity index (χ1v) is 6.20. The zero-order valence-electron chi connectivity index (χ0n) is 8.35. The van der Waals surface area contributed by atoms with Crippen molar-refractivity contribution in [3.8, 4) is 0 Å². The number of hydrogen-bond donors (Lipinski definition) is 1. The van der Waals surface area contributed by atoms with Gasteiger partial charge in [0.15, 0.2) is 0 Å². The molecule has 0 saturated heterocycles. The fraction of sp³-hybridized carbons (Fsp3) is 0.500. The van der Waals surface area contributed by atoms with E-state index in [-0.39, 0.29) is 6.04 Å². The van der Waals surface area contributed by atoms with Gasteiger partial charge in [-0.2, -0.15) is 0 Å². The van der Waals surface area contributed by atoms with E-state index in [1.165, 1.54) is 0 Å². The Bertz CT molecular complexity index is 289. The van der Waals surface area contributed by atoms with Crippen LogP contribution in [-0.2, 0) is 16.6 Å². The maximum absolute atomic E-state index is 11.6. The molecule has 1 aromatic rings. The summed E-state index contributed by atoms with van der Waals surface area (Å²) in [6.07, 6.45) is 4.33. The molecular weight excluding hydrogens is 196 g/mol.